The summed E-state index contributed by atoms with van der Waals surface area (Å²) in [7, 11) is 0.307. The Morgan fingerprint density at radius 2 is 2.03 bits per heavy atom. The summed E-state index contributed by atoms with van der Waals surface area (Å²) >= 11 is 0. The van der Waals surface area contributed by atoms with E-state index in [4.69, 9.17) is 4.74 Å². The molecule has 1 aromatic carbocycles. The zero-order chi connectivity index (χ0) is 20.9. The van der Waals surface area contributed by atoms with Gasteiger partial charge in [-0.15, -0.1) is 5.10 Å². The number of ether oxygens (including phenoxy) is 1. The predicted molar refractivity (Wildman–Crippen MR) is 108 cm³/mol. The number of aliphatic hydroxyl groups excluding tert-OH is 1. The fourth-order valence-corrected chi connectivity index (χ4v) is 4.79. The fourth-order valence-electron chi connectivity index (χ4n) is 3.47. The number of hydrogen-bond acceptors (Lipinski definition) is 7. The second-order valence-electron chi connectivity index (χ2n) is 7.60. The molecule has 1 fully saturated rings. The van der Waals surface area contributed by atoms with E-state index >= 15 is 0 Å². The van der Waals surface area contributed by atoms with E-state index < -0.39 is 22.2 Å². The van der Waals surface area contributed by atoms with Crippen molar-refractivity contribution in [3.05, 3.63) is 42.2 Å². The molecule has 1 aliphatic rings. The number of aliphatic hydroxyl groups is 1. The molecule has 0 saturated carbocycles. The highest BCUT2D eigenvalue weighted by Gasteiger charge is 2.33. The third-order valence-electron chi connectivity index (χ3n) is 4.90. The monoisotopic (exact) mass is 423 g/mol. The summed E-state index contributed by atoms with van der Waals surface area (Å²) in [5, 5.41) is 18.0. The van der Waals surface area contributed by atoms with Crippen LogP contribution in [0.3, 0.4) is 0 Å². The van der Waals surface area contributed by atoms with E-state index in [1.165, 1.54) is 0 Å². The van der Waals surface area contributed by atoms with Crippen LogP contribution in [0.4, 0.5) is 0 Å². The average Bonchev–Trinajstić information content (AvgIpc) is 3.14. The summed E-state index contributed by atoms with van der Waals surface area (Å²) in [5.74, 6) is 0. The first-order valence-corrected chi connectivity index (χ1v) is 11.2. The molecule has 160 valence electrons. The smallest absolute Gasteiger partial charge is 0.240 e. The lowest BCUT2D eigenvalue weighted by atomic mass is 9.98. The van der Waals surface area contributed by atoms with E-state index in [9.17, 15) is 13.5 Å². The van der Waals surface area contributed by atoms with Crippen molar-refractivity contribution in [2.24, 2.45) is 0 Å². The number of nitrogens with one attached hydrogen (secondary N) is 1. The first kappa shape index (κ1) is 21.8. The molecule has 1 aliphatic heterocycles. The van der Waals surface area contributed by atoms with Crippen molar-refractivity contribution in [1.29, 1.82) is 0 Å². The minimum absolute atomic E-state index is 0.0638. The maximum atomic E-state index is 12.6. The Morgan fingerprint density at radius 1 is 1.28 bits per heavy atom. The Hall–Kier alpha value is -1.85. The summed E-state index contributed by atoms with van der Waals surface area (Å²) in [6, 6.07) is 7.76. The van der Waals surface area contributed by atoms with Gasteiger partial charge in [0, 0.05) is 19.3 Å². The SMILES string of the molecule is CN(C)Cc1cn(CC[C@H]2CC[C@@H](NS(=O)(=O)c3ccccc3)[C@@H](CO)O2)nn1. The van der Waals surface area contributed by atoms with Gasteiger partial charge in [0.1, 0.15) is 0 Å². The molecule has 9 nitrogen and oxygen atoms in total. The van der Waals surface area contributed by atoms with Gasteiger partial charge >= 0.3 is 0 Å². The molecule has 3 rings (SSSR count). The topological polar surface area (TPSA) is 110 Å². The van der Waals surface area contributed by atoms with Crippen LogP contribution in [0.25, 0.3) is 0 Å². The van der Waals surface area contributed by atoms with E-state index in [2.05, 4.69) is 15.0 Å². The summed E-state index contributed by atoms with van der Waals surface area (Å²) in [6.45, 7) is 1.15. The molecule has 2 aromatic rings. The molecule has 1 aromatic heterocycles. The molecule has 0 aliphatic carbocycles. The summed E-state index contributed by atoms with van der Waals surface area (Å²) < 4.78 is 35.6. The Kier molecular flexibility index (Phi) is 7.36. The third-order valence-corrected chi connectivity index (χ3v) is 6.41. The minimum Gasteiger partial charge on any atom is -0.394 e. The van der Waals surface area contributed by atoms with Gasteiger partial charge in [-0.25, -0.2) is 13.1 Å². The first-order chi connectivity index (χ1) is 13.9. The van der Waals surface area contributed by atoms with Gasteiger partial charge in [-0.2, -0.15) is 0 Å². The van der Waals surface area contributed by atoms with Gasteiger partial charge in [0.25, 0.3) is 0 Å². The molecule has 0 radical (unpaired) electrons. The van der Waals surface area contributed by atoms with Crippen LogP contribution in [0, 0.1) is 0 Å². The number of aromatic nitrogens is 3. The maximum Gasteiger partial charge on any atom is 0.240 e. The number of rotatable bonds is 9. The van der Waals surface area contributed by atoms with Gasteiger partial charge in [0.15, 0.2) is 0 Å². The molecule has 10 heteroatoms. The molecular formula is C19H29N5O4S. The number of nitrogens with zero attached hydrogens (tertiary/aromatic N) is 4. The number of sulfonamides is 1. The van der Waals surface area contributed by atoms with Crippen molar-refractivity contribution in [3.8, 4) is 0 Å². The van der Waals surface area contributed by atoms with E-state index in [1.54, 1.807) is 35.0 Å². The van der Waals surface area contributed by atoms with Crippen LogP contribution in [-0.2, 0) is 27.8 Å². The Bertz CT molecular complexity index is 872. The summed E-state index contributed by atoms with van der Waals surface area (Å²) in [6.07, 6.45) is 3.31. The molecule has 0 amide bonds. The van der Waals surface area contributed by atoms with Gasteiger partial charge in [0.05, 0.1) is 35.4 Å². The molecule has 2 heterocycles. The minimum atomic E-state index is -3.65. The van der Waals surface area contributed by atoms with Crippen molar-refractivity contribution >= 4 is 10.0 Å². The van der Waals surface area contributed by atoms with E-state index in [0.717, 1.165) is 18.7 Å². The molecule has 0 bridgehead atoms. The summed E-state index contributed by atoms with van der Waals surface area (Å²) in [5.41, 5.74) is 0.906. The predicted octanol–water partition coefficient (Wildman–Crippen LogP) is 0.617. The maximum absolute atomic E-state index is 12.6. The lowest BCUT2D eigenvalue weighted by Crippen LogP contribution is -2.50. The second-order valence-corrected chi connectivity index (χ2v) is 9.31. The third kappa shape index (κ3) is 6.06. The van der Waals surface area contributed by atoms with Gasteiger partial charge in [-0.05, 0) is 45.5 Å². The standard InChI is InChI=1S/C19H29N5O4S/c1-23(2)12-15-13-24(22-20-15)11-10-16-8-9-18(19(14-25)28-16)21-29(26,27)17-6-4-3-5-7-17/h3-7,13,16,18-19,21,25H,8-12,14H2,1-2H3/t16-,18-,19-/m1/s1. The molecular weight excluding hydrogens is 394 g/mol. The number of hydrogen-bond donors (Lipinski definition) is 2. The quantitative estimate of drug-likeness (QED) is 0.608. The Labute approximate surface area is 171 Å². The second kappa shape index (κ2) is 9.77. The lowest BCUT2D eigenvalue weighted by molar-refractivity contribution is -0.0891. The number of aryl methyl sites for hydroxylation is 1. The zero-order valence-electron chi connectivity index (χ0n) is 16.8. The molecule has 1 saturated heterocycles. The van der Waals surface area contributed by atoms with Crippen LogP contribution in [0.15, 0.2) is 41.4 Å². The number of benzene rings is 1. The molecule has 2 N–H and O–H groups in total. The zero-order valence-corrected chi connectivity index (χ0v) is 17.6. The van der Waals surface area contributed by atoms with Crippen LogP contribution in [0.2, 0.25) is 0 Å². The molecule has 3 atom stereocenters. The van der Waals surface area contributed by atoms with Crippen molar-refractivity contribution in [1.82, 2.24) is 24.6 Å². The van der Waals surface area contributed by atoms with Crippen molar-refractivity contribution in [2.45, 2.75) is 55.5 Å². The highest BCUT2D eigenvalue weighted by Crippen LogP contribution is 2.24. The van der Waals surface area contributed by atoms with Crippen molar-refractivity contribution in [2.75, 3.05) is 20.7 Å². The first-order valence-electron chi connectivity index (χ1n) is 9.75. The van der Waals surface area contributed by atoms with E-state index in [0.29, 0.717) is 19.4 Å². The highest BCUT2D eigenvalue weighted by atomic mass is 32.2. The van der Waals surface area contributed by atoms with Crippen LogP contribution < -0.4 is 4.72 Å². The van der Waals surface area contributed by atoms with Gasteiger partial charge in [0.2, 0.25) is 10.0 Å². The van der Waals surface area contributed by atoms with Crippen LogP contribution >= 0.6 is 0 Å². The van der Waals surface area contributed by atoms with Gasteiger partial charge in [-0.3, -0.25) is 4.68 Å². The molecule has 0 spiro atoms. The van der Waals surface area contributed by atoms with Crippen LogP contribution in [0.5, 0.6) is 0 Å². The largest absolute Gasteiger partial charge is 0.394 e. The molecule has 0 unspecified atom stereocenters. The van der Waals surface area contributed by atoms with Gasteiger partial charge < -0.3 is 14.7 Å². The van der Waals surface area contributed by atoms with Gasteiger partial charge in [-0.1, -0.05) is 23.4 Å². The Balaban J connectivity index is 1.53. The van der Waals surface area contributed by atoms with Crippen molar-refractivity contribution in [3.63, 3.8) is 0 Å². The van der Waals surface area contributed by atoms with Crippen LogP contribution in [-0.4, -0.2) is 72.4 Å². The fraction of sp³-hybridized carbons (Fsp3) is 0.579. The molecule has 29 heavy (non-hydrogen) atoms. The average molecular weight is 424 g/mol. The normalized spacial score (nSPS) is 22.8. The lowest BCUT2D eigenvalue weighted by Gasteiger charge is -2.36. The highest BCUT2D eigenvalue weighted by molar-refractivity contribution is 7.89. The van der Waals surface area contributed by atoms with E-state index in [-0.39, 0.29) is 17.6 Å². The Morgan fingerprint density at radius 3 is 2.72 bits per heavy atom. The summed E-state index contributed by atoms with van der Waals surface area (Å²) in [4.78, 5) is 2.24. The van der Waals surface area contributed by atoms with Crippen molar-refractivity contribution < 1.29 is 18.3 Å². The van der Waals surface area contributed by atoms with E-state index in [1.807, 2.05) is 25.2 Å². The van der Waals surface area contributed by atoms with Crippen LogP contribution in [0.1, 0.15) is 25.0 Å².